The third-order valence-electron chi connectivity index (χ3n) is 4.27. The summed E-state index contributed by atoms with van der Waals surface area (Å²) in [6, 6.07) is 6.07. The largest absolute Gasteiger partial charge is 0.445 e. The number of hydrogen-bond acceptors (Lipinski definition) is 4. The Hall–Kier alpha value is -2.07. The molecule has 0 amide bonds. The molecule has 0 N–H and O–H groups in total. The third-order valence-corrected chi connectivity index (χ3v) is 4.54. The Bertz CT molecular complexity index is 832. The van der Waals surface area contributed by atoms with E-state index in [-0.39, 0.29) is 0 Å². The molecule has 117 valence electrons. The second-order valence-electron chi connectivity index (χ2n) is 5.97. The number of rotatable bonds is 2. The number of aromatic nitrogens is 2. The van der Waals surface area contributed by atoms with E-state index in [1.54, 1.807) is 18.7 Å². The van der Waals surface area contributed by atoms with Crippen LogP contribution in [0.2, 0.25) is 5.02 Å². The Labute approximate surface area is 140 Å². The molecular weight excluding hydrogens is 310 g/mol. The number of nitrogens with zero attached hydrogens (tertiary/aromatic N) is 3. The molecule has 5 heteroatoms. The normalized spacial score (nSPS) is 18.5. The van der Waals surface area contributed by atoms with Crippen LogP contribution in [0.1, 0.15) is 13.3 Å². The first-order valence-electron chi connectivity index (χ1n) is 7.79. The van der Waals surface area contributed by atoms with Crippen molar-refractivity contribution in [1.82, 2.24) is 9.97 Å². The number of hydrogen-bond donors (Lipinski definition) is 0. The molecule has 0 unspecified atom stereocenters. The van der Waals surface area contributed by atoms with E-state index in [2.05, 4.69) is 34.3 Å². The van der Waals surface area contributed by atoms with Gasteiger partial charge in [-0.1, -0.05) is 18.5 Å². The van der Waals surface area contributed by atoms with Gasteiger partial charge in [-0.3, -0.25) is 4.98 Å². The highest BCUT2D eigenvalue weighted by atomic mass is 35.5. The van der Waals surface area contributed by atoms with Gasteiger partial charge in [0.15, 0.2) is 0 Å². The summed E-state index contributed by atoms with van der Waals surface area (Å²) in [5.41, 5.74) is 2.90. The molecule has 4 nitrogen and oxygen atoms in total. The van der Waals surface area contributed by atoms with Crippen LogP contribution in [-0.4, -0.2) is 23.1 Å². The second-order valence-corrected chi connectivity index (χ2v) is 6.38. The van der Waals surface area contributed by atoms with E-state index in [0.29, 0.717) is 16.8 Å². The molecule has 4 rings (SSSR count). The molecule has 1 atom stereocenters. The van der Waals surface area contributed by atoms with Crippen LogP contribution in [0.3, 0.4) is 0 Å². The van der Waals surface area contributed by atoms with Gasteiger partial charge in [-0.2, -0.15) is 0 Å². The number of anilines is 1. The van der Waals surface area contributed by atoms with Gasteiger partial charge in [0.05, 0.1) is 22.4 Å². The minimum Gasteiger partial charge on any atom is -0.445 e. The van der Waals surface area contributed by atoms with Crippen molar-refractivity contribution in [1.29, 1.82) is 0 Å². The Morgan fingerprint density at radius 2 is 2.22 bits per heavy atom. The Kier molecular flexibility index (Phi) is 3.69. The van der Waals surface area contributed by atoms with Crippen molar-refractivity contribution in [3.63, 3.8) is 0 Å². The fourth-order valence-corrected chi connectivity index (χ4v) is 3.48. The van der Waals surface area contributed by atoms with Gasteiger partial charge in [0.25, 0.3) is 0 Å². The van der Waals surface area contributed by atoms with E-state index < -0.39 is 0 Å². The van der Waals surface area contributed by atoms with Crippen molar-refractivity contribution < 1.29 is 4.42 Å². The smallest absolute Gasteiger partial charge is 0.225 e. The predicted octanol–water partition coefficient (Wildman–Crippen LogP) is 4.59. The summed E-state index contributed by atoms with van der Waals surface area (Å²) in [6.07, 6.45) is 8.41. The highest BCUT2D eigenvalue weighted by Gasteiger charge is 2.21. The van der Waals surface area contributed by atoms with Crippen molar-refractivity contribution in [2.45, 2.75) is 13.3 Å². The molecule has 1 saturated heterocycles. The minimum atomic E-state index is 0.564. The van der Waals surface area contributed by atoms with Crippen LogP contribution < -0.4 is 4.90 Å². The quantitative estimate of drug-likeness (QED) is 0.690. The predicted molar refractivity (Wildman–Crippen MR) is 92.5 cm³/mol. The highest BCUT2D eigenvalue weighted by Crippen LogP contribution is 2.36. The van der Waals surface area contributed by atoms with Gasteiger partial charge in [0.1, 0.15) is 6.26 Å². The van der Waals surface area contributed by atoms with E-state index in [1.807, 2.05) is 12.1 Å². The lowest BCUT2D eigenvalue weighted by Gasteiger charge is -2.33. The third kappa shape index (κ3) is 2.68. The molecule has 1 aliphatic heterocycles. The van der Waals surface area contributed by atoms with E-state index in [4.69, 9.17) is 16.0 Å². The zero-order valence-corrected chi connectivity index (χ0v) is 13.6. The van der Waals surface area contributed by atoms with Gasteiger partial charge in [0.2, 0.25) is 5.89 Å². The lowest BCUT2D eigenvalue weighted by Crippen LogP contribution is -2.34. The van der Waals surface area contributed by atoms with Crippen LogP contribution in [0.4, 0.5) is 5.69 Å². The molecule has 1 aliphatic rings. The summed E-state index contributed by atoms with van der Waals surface area (Å²) >= 11 is 6.48. The summed E-state index contributed by atoms with van der Waals surface area (Å²) in [5, 5.41) is 1.78. The van der Waals surface area contributed by atoms with Crippen LogP contribution in [-0.2, 0) is 0 Å². The molecular formula is C18H17ClN3O. The standard InChI is InChI=1S/C18H17ClN3O/c1-12-3-2-7-22(11-12)17-14-5-4-13(18-20-6-8-23-18)9-16(14)21-10-15(17)19/h3-6,8-10,12H,2,7,11H2,1H3/t12-/m0/s1. The van der Waals surface area contributed by atoms with Gasteiger partial charge in [-0.05, 0) is 37.0 Å². The molecule has 1 fully saturated rings. The fraction of sp³-hybridized carbons (Fsp3) is 0.278. The number of fused-ring (bicyclic) bond motifs is 1. The molecule has 23 heavy (non-hydrogen) atoms. The van der Waals surface area contributed by atoms with E-state index in [0.717, 1.165) is 41.7 Å². The van der Waals surface area contributed by atoms with Crippen LogP contribution in [0.25, 0.3) is 22.4 Å². The molecule has 0 aliphatic carbocycles. The van der Waals surface area contributed by atoms with Crippen LogP contribution in [0.5, 0.6) is 0 Å². The molecule has 0 saturated carbocycles. The van der Waals surface area contributed by atoms with Gasteiger partial charge in [-0.15, -0.1) is 0 Å². The van der Waals surface area contributed by atoms with Crippen molar-refractivity contribution >= 4 is 28.2 Å². The highest BCUT2D eigenvalue weighted by molar-refractivity contribution is 6.34. The molecule has 0 spiro atoms. The summed E-state index contributed by atoms with van der Waals surface area (Å²) in [7, 11) is 0. The van der Waals surface area contributed by atoms with E-state index >= 15 is 0 Å². The van der Waals surface area contributed by atoms with Crippen molar-refractivity contribution in [3.8, 4) is 11.5 Å². The summed E-state index contributed by atoms with van der Waals surface area (Å²) in [6.45, 7) is 4.22. The average Bonchev–Trinajstić information content (AvgIpc) is 3.09. The summed E-state index contributed by atoms with van der Waals surface area (Å²) < 4.78 is 5.37. The monoisotopic (exact) mass is 326 g/mol. The van der Waals surface area contributed by atoms with Crippen molar-refractivity contribution in [2.24, 2.45) is 5.92 Å². The molecule has 3 aromatic rings. The van der Waals surface area contributed by atoms with Crippen LogP contribution in [0, 0.1) is 12.3 Å². The van der Waals surface area contributed by atoms with Gasteiger partial charge >= 0.3 is 0 Å². The molecule has 0 bridgehead atoms. The zero-order chi connectivity index (χ0) is 15.8. The summed E-state index contributed by atoms with van der Waals surface area (Å²) in [5.74, 6) is 1.17. The molecule has 1 radical (unpaired) electrons. The number of pyridine rings is 1. The fourth-order valence-electron chi connectivity index (χ4n) is 3.21. The first-order valence-corrected chi connectivity index (χ1v) is 8.16. The zero-order valence-electron chi connectivity index (χ0n) is 12.9. The Balaban J connectivity index is 1.82. The first kappa shape index (κ1) is 14.5. The topological polar surface area (TPSA) is 42.2 Å². The second kappa shape index (κ2) is 5.85. The van der Waals surface area contributed by atoms with E-state index in [9.17, 15) is 0 Å². The number of benzene rings is 1. The lowest BCUT2D eigenvalue weighted by molar-refractivity contribution is 0.550. The molecule has 1 aromatic carbocycles. The number of halogens is 1. The minimum absolute atomic E-state index is 0.564. The average molecular weight is 327 g/mol. The maximum atomic E-state index is 6.48. The van der Waals surface area contributed by atoms with Crippen LogP contribution >= 0.6 is 11.6 Å². The van der Waals surface area contributed by atoms with Gasteiger partial charge in [0, 0.05) is 30.2 Å². The Morgan fingerprint density at radius 1 is 1.30 bits per heavy atom. The maximum Gasteiger partial charge on any atom is 0.225 e. The van der Waals surface area contributed by atoms with Crippen molar-refractivity contribution in [2.75, 3.05) is 18.0 Å². The molecule has 2 aromatic heterocycles. The number of piperidine rings is 1. The lowest BCUT2D eigenvalue weighted by atomic mass is 9.99. The summed E-state index contributed by atoms with van der Waals surface area (Å²) in [4.78, 5) is 11.1. The number of oxazole rings is 1. The maximum absolute atomic E-state index is 6.48. The van der Waals surface area contributed by atoms with Gasteiger partial charge < -0.3 is 9.32 Å². The SMILES string of the molecule is C[C@H]1[CH]CCN(c2c(Cl)cnc3cc(-c4ncco4)ccc23)C1. The van der Waals surface area contributed by atoms with Crippen molar-refractivity contribution in [3.05, 3.63) is 48.3 Å². The first-order chi connectivity index (χ1) is 11.2. The molecule has 3 heterocycles. The van der Waals surface area contributed by atoms with Crippen LogP contribution in [0.15, 0.2) is 41.3 Å². The van der Waals surface area contributed by atoms with E-state index in [1.165, 1.54) is 0 Å². The Morgan fingerprint density at radius 3 is 3.00 bits per heavy atom. The van der Waals surface area contributed by atoms with Gasteiger partial charge in [-0.25, -0.2) is 4.98 Å².